The Kier molecular flexibility index (Phi) is 5.01. The van der Waals surface area contributed by atoms with Gasteiger partial charge in [-0.05, 0) is 31.0 Å². The van der Waals surface area contributed by atoms with Crippen LogP contribution in [0.4, 0.5) is 0 Å². The van der Waals surface area contributed by atoms with Crippen molar-refractivity contribution >= 4 is 5.91 Å². The normalized spacial score (nSPS) is 15.8. The highest BCUT2D eigenvalue weighted by Gasteiger charge is 2.16. The van der Waals surface area contributed by atoms with Gasteiger partial charge >= 0.3 is 0 Å². The molecule has 1 aromatic carbocycles. The summed E-state index contributed by atoms with van der Waals surface area (Å²) >= 11 is 0. The quantitative estimate of drug-likeness (QED) is 0.824. The Bertz CT molecular complexity index is 436. The molecular weight excluding hydrogens is 238 g/mol. The molecule has 0 heterocycles. The number of carbonyl (C=O) groups excluding carboxylic acids is 1. The number of rotatable bonds is 5. The number of nitrogens with one attached hydrogen (secondary N) is 1. The van der Waals surface area contributed by atoms with Gasteiger partial charge in [0.2, 0.25) is 0 Å². The number of benzene rings is 1. The largest absolute Gasteiger partial charge is 0.490 e. The molecule has 1 aromatic rings. The zero-order chi connectivity index (χ0) is 13.5. The van der Waals surface area contributed by atoms with E-state index in [4.69, 9.17) is 4.74 Å². The second-order valence-corrected chi connectivity index (χ2v) is 4.94. The molecule has 0 aliphatic heterocycles. The van der Waals surface area contributed by atoms with Gasteiger partial charge in [0.15, 0.2) is 0 Å². The van der Waals surface area contributed by atoms with E-state index in [0.29, 0.717) is 24.0 Å². The first kappa shape index (κ1) is 13.7. The molecule has 1 saturated carbocycles. The molecule has 0 bridgehead atoms. The molecular formula is C16H21NO2. The Morgan fingerprint density at radius 2 is 2.16 bits per heavy atom. The first-order valence-electron chi connectivity index (χ1n) is 6.94. The minimum Gasteiger partial charge on any atom is -0.490 e. The van der Waals surface area contributed by atoms with Gasteiger partial charge in [0.25, 0.3) is 5.91 Å². The van der Waals surface area contributed by atoms with Crippen LogP contribution in [0, 0.1) is 0 Å². The molecule has 1 fully saturated rings. The predicted molar refractivity (Wildman–Crippen MR) is 76.5 cm³/mol. The van der Waals surface area contributed by atoms with Crippen LogP contribution in [-0.4, -0.2) is 18.6 Å². The van der Waals surface area contributed by atoms with Crippen LogP contribution >= 0.6 is 0 Å². The summed E-state index contributed by atoms with van der Waals surface area (Å²) < 4.78 is 5.44. The van der Waals surface area contributed by atoms with Crippen LogP contribution in [-0.2, 0) is 0 Å². The van der Waals surface area contributed by atoms with E-state index < -0.39 is 0 Å². The fourth-order valence-electron chi connectivity index (χ4n) is 2.40. The third-order valence-corrected chi connectivity index (χ3v) is 3.40. The van der Waals surface area contributed by atoms with E-state index in [0.717, 1.165) is 12.8 Å². The second kappa shape index (κ2) is 6.98. The molecule has 0 atom stereocenters. The smallest absolute Gasteiger partial charge is 0.251 e. The van der Waals surface area contributed by atoms with Crippen molar-refractivity contribution in [2.75, 3.05) is 6.61 Å². The topological polar surface area (TPSA) is 38.3 Å². The van der Waals surface area contributed by atoms with Crippen LogP contribution in [0.25, 0.3) is 0 Å². The van der Waals surface area contributed by atoms with Crippen LogP contribution in [0.1, 0.15) is 42.5 Å². The molecule has 1 aliphatic carbocycles. The Morgan fingerprint density at radius 1 is 1.37 bits per heavy atom. The van der Waals surface area contributed by atoms with E-state index in [9.17, 15) is 4.79 Å². The van der Waals surface area contributed by atoms with Crippen LogP contribution < -0.4 is 10.1 Å². The van der Waals surface area contributed by atoms with Crippen molar-refractivity contribution in [3.63, 3.8) is 0 Å². The van der Waals surface area contributed by atoms with Gasteiger partial charge in [0.1, 0.15) is 12.4 Å². The van der Waals surface area contributed by atoms with Crippen molar-refractivity contribution in [2.45, 2.75) is 38.1 Å². The monoisotopic (exact) mass is 259 g/mol. The van der Waals surface area contributed by atoms with E-state index in [1.165, 1.54) is 19.3 Å². The van der Waals surface area contributed by atoms with Crippen LogP contribution in [0.5, 0.6) is 5.75 Å². The molecule has 3 nitrogen and oxygen atoms in total. The number of amides is 1. The van der Waals surface area contributed by atoms with E-state index in [1.807, 2.05) is 18.2 Å². The van der Waals surface area contributed by atoms with Gasteiger partial charge < -0.3 is 10.1 Å². The Labute approximate surface area is 114 Å². The molecule has 0 saturated heterocycles. The first-order valence-corrected chi connectivity index (χ1v) is 6.94. The summed E-state index contributed by atoms with van der Waals surface area (Å²) in [6.45, 7) is 4.06. The summed E-state index contributed by atoms with van der Waals surface area (Å²) in [5, 5.41) is 3.10. The Balaban J connectivity index is 1.95. The van der Waals surface area contributed by atoms with Gasteiger partial charge in [-0.15, -0.1) is 0 Å². The van der Waals surface area contributed by atoms with E-state index in [1.54, 1.807) is 12.1 Å². The van der Waals surface area contributed by atoms with Crippen LogP contribution in [0.2, 0.25) is 0 Å². The van der Waals surface area contributed by atoms with Crippen LogP contribution in [0.3, 0.4) is 0 Å². The number of carbonyl (C=O) groups is 1. The zero-order valence-corrected chi connectivity index (χ0v) is 11.2. The van der Waals surface area contributed by atoms with Gasteiger partial charge in [-0.25, -0.2) is 0 Å². The molecule has 0 radical (unpaired) electrons. The summed E-state index contributed by atoms with van der Waals surface area (Å²) in [7, 11) is 0. The maximum absolute atomic E-state index is 12.2. The molecule has 2 rings (SSSR count). The fraction of sp³-hybridized carbons (Fsp3) is 0.438. The van der Waals surface area contributed by atoms with E-state index in [2.05, 4.69) is 11.9 Å². The SMILES string of the molecule is C=CCOc1cccc(C(=O)NC2CCCCC2)c1. The lowest BCUT2D eigenvalue weighted by molar-refractivity contribution is 0.0927. The van der Waals surface area contributed by atoms with Crippen molar-refractivity contribution in [2.24, 2.45) is 0 Å². The van der Waals surface area contributed by atoms with Gasteiger partial charge in [-0.1, -0.05) is 38.0 Å². The maximum atomic E-state index is 12.2. The number of hydrogen-bond donors (Lipinski definition) is 1. The highest BCUT2D eigenvalue weighted by Crippen LogP contribution is 2.19. The van der Waals surface area contributed by atoms with Gasteiger partial charge in [-0.3, -0.25) is 4.79 Å². The van der Waals surface area contributed by atoms with Crippen LogP contribution in [0.15, 0.2) is 36.9 Å². The minimum absolute atomic E-state index is 0.00375. The second-order valence-electron chi connectivity index (χ2n) is 4.94. The maximum Gasteiger partial charge on any atom is 0.251 e. The summed E-state index contributed by atoms with van der Waals surface area (Å²) in [6, 6.07) is 7.62. The van der Waals surface area contributed by atoms with Crippen molar-refractivity contribution < 1.29 is 9.53 Å². The lowest BCUT2D eigenvalue weighted by Crippen LogP contribution is -2.36. The average molecular weight is 259 g/mol. The van der Waals surface area contributed by atoms with Gasteiger partial charge in [-0.2, -0.15) is 0 Å². The molecule has 1 amide bonds. The summed E-state index contributed by atoms with van der Waals surface area (Å²) in [5.41, 5.74) is 0.659. The minimum atomic E-state index is -0.00375. The lowest BCUT2D eigenvalue weighted by atomic mass is 9.95. The number of ether oxygens (including phenoxy) is 1. The molecule has 0 spiro atoms. The zero-order valence-electron chi connectivity index (χ0n) is 11.2. The number of hydrogen-bond acceptors (Lipinski definition) is 2. The predicted octanol–water partition coefficient (Wildman–Crippen LogP) is 3.31. The first-order chi connectivity index (χ1) is 9.29. The van der Waals surface area contributed by atoms with Gasteiger partial charge in [0, 0.05) is 11.6 Å². The third kappa shape index (κ3) is 4.12. The average Bonchev–Trinajstić information content (AvgIpc) is 2.46. The molecule has 1 N–H and O–H groups in total. The molecule has 0 aromatic heterocycles. The van der Waals surface area contributed by atoms with Crippen molar-refractivity contribution in [1.82, 2.24) is 5.32 Å². The third-order valence-electron chi connectivity index (χ3n) is 3.40. The lowest BCUT2D eigenvalue weighted by Gasteiger charge is -2.22. The standard InChI is InChI=1S/C16H21NO2/c1-2-11-19-15-10-6-7-13(12-15)16(18)17-14-8-4-3-5-9-14/h2,6-7,10,12,14H,1,3-5,8-9,11H2,(H,17,18). The van der Waals surface area contributed by atoms with E-state index in [-0.39, 0.29) is 5.91 Å². The van der Waals surface area contributed by atoms with Gasteiger partial charge in [0.05, 0.1) is 0 Å². The molecule has 19 heavy (non-hydrogen) atoms. The molecule has 0 unspecified atom stereocenters. The summed E-state index contributed by atoms with van der Waals surface area (Å²) in [4.78, 5) is 12.2. The van der Waals surface area contributed by atoms with Crippen molar-refractivity contribution in [3.8, 4) is 5.75 Å². The fourth-order valence-corrected chi connectivity index (χ4v) is 2.40. The van der Waals surface area contributed by atoms with E-state index >= 15 is 0 Å². The van der Waals surface area contributed by atoms with Crippen molar-refractivity contribution in [3.05, 3.63) is 42.5 Å². The Morgan fingerprint density at radius 3 is 2.89 bits per heavy atom. The highest BCUT2D eigenvalue weighted by atomic mass is 16.5. The van der Waals surface area contributed by atoms with Crippen molar-refractivity contribution in [1.29, 1.82) is 0 Å². The molecule has 1 aliphatic rings. The highest BCUT2D eigenvalue weighted by molar-refractivity contribution is 5.94. The Hall–Kier alpha value is -1.77. The molecule has 3 heteroatoms. The molecule has 102 valence electrons. The summed E-state index contributed by atoms with van der Waals surface area (Å²) in [5.74, 6) is 0.701. The summed E-state index contributed by atoms with van der Waals surface area (Å²) in [6.07, 6.45) is 7.60.